The lowest BCUT2D eigenvalue weighted by atomic mass is 10.1. The van der Waals surface area contributed by atoms with Crippen molar-refractivity contribution >= 4 is 5.91 Å². The summed E-state index contributed by atoms with van der Waals surface area (Å²) in [4.78, 5) is 16.7. The summed E-state index contributed by atoms with van der Waals surface area (Å²) in [5, 5.41) is 0. The minimum Gasteiger partial charge on any atom is -0.489 e. The van der Waals surface area contributed by atoms with Gasteiger partial charge < -0.3 is 9.64 Å². The van der Waals surface area contributed by atoms with Crippen molar-refractivity contribution in [3.63, 3.8) is 0 Å². The summed E-state index contributed by atoms with van der Waals surface area (Å²) in [6.07, 6.45) is -4.36. The molecule has 0 atom stereocenters. The van der Waals surface area contributed by atoms with Gasteiger partial charge in [-0.1, -0.05) is 30.3 Å². The lowest BCUT2D eigenvalue weighted by Crippen LogP contribution is -2.48. The normalized spacial score (nSPS) is 14.8. The number of carbonyl (C=O) groups is 1. The molecule has 1 heterocycles. The summed E-state index contributed by atoms with van der Waals surface area (Å²) in [5.41, 5.74) is 1.40. The highest BCUT2D eigenvalue weighted by atomic mass is 19.4. The molecule has 0 unspecified atom stereocenters. The maximum absolute atomic E-state index is 13.0. The summed E-state index contributed by atoms with van der Waals surface area (Å²) in [6, 6.07) is 18.3. The lowest BCUT2D eigenvalue weighted by molar-refractivity contribution is -0.137. The van der Waals surface area contributed by atoms with Crippen LogP contribution in [0, 0.1) is 5.82 Å². The van der Waals surface area contributed by atoms with Crippen LogP contribution in [0.2, 0.25) is 0 Å². The average molecular weight is 472 g/mol. The molecular formula is C26H24F4N2O2. The standard InChI is InChI=1S/C26H24F4N2O2/c27-23-8-10-24(11-9-23)34-18-19-4-6-21(7-5-19)25(33)32-14-12-31(13-15-32)17-20-2-1-3-22(16-20)26(28,29)30/h1-11,16H,12-15,17-18H2. The van der Waals surface area contributed by atoms with E-state index in [2.05, 4.69) is 4.90 Å². The van der Waals surface area contributed by atoms with Gasteiger partial charge in [0.2, 0.25) is 0 Å². The number of rotatable bonds is 6. The van der Waals surface area contributed by atoms with Crippen molar-refractivity contribution in [1.82, 2.24) is 9.80 Å². The summed E-state index contributed by atoms with van der Waals surface area (Å²) in [7, 11) is 0. The van der Waals surface area contributed by atoms with E-state index in [0.29, 0.717) is 56.2 Å². The molecule has 178 valence electrons. The molecule has 0 spiro atoms. The second-order valence-electron chi connectivity index (χ2n) is 8.21. The molecule has 0 saturated carbocycles. The van der Waals surface area contributed by atoms with Gasteiger partial charge in [0.15, 0.2) is 0 Å². The highest BCUT2D eigenvalue weighted by Crippen LogP contribution is 2.29. The number of benzene rings is 3. The van der Waals surface area contributed by atoms with Gasteiger partial charge in [0, 0.05) is 38.3 Å². The Kier molecular flexibility index (Phi) is 7.17. The van der Waals surface area contributed by atoms with E-state index in [1.165, 1.54) is 24.3 Å². The fraction of sp³-hybridized carbons (Fsp3) is 0.269. The predicted molar refractivity (Wildman–Crippen MR) is 120 cm³/mol. The number of alkyl halides is 3. The van der Waals surface area contributed by atoms with Crippen LogP contribution in [0.4, 0.5) is 17.6 Å². The maximum atomic E-state index is 13.0. The average Bonchev–Trinajstić information content (AvgIpc) is 2.84. The fourth-order valence-electron chi connectivity index (χ4n) is 3.84. The minimum atomic E-state index is -4.36. The molecule has 34 heavy (non-hydrogen) atoms. The number of hydrogen-bond donors (Lipinski definition) is 0. The Bertz CT molecular complexity index is 1110. The molecule has 0 aromatic heterocycles. The van der Waals surface area contributed by atoms with Crippen LogP contribution < -0.4 is 4.74 Å². The molecule has 8 heteroatoms. The third-order valence-corrected chi connectivity index (χ3v) is 5.74. The van der Waals surface area contributed by atoms with Gasteiger partial charge in [-0.2, -0.15) is 13.2 Å². The van der Waals surface area contributed by atoms with Crippen LogP contribution in [0.5, 0.6) is 5.75 Å². The maximum Gasteiger partial charge on any atom is 0.416 e. The molecule has 0 aliphatic carbocycles. The summed E-state index contributed by atoms with van der Waals surface area (Å²) in [6.45, 7) is 2.90. The van der Waals surface area contributed by atoms with Crippen molar-refractivity contribution in [2.75, 3.05) is 26.2 Å². The monoisotopic (exact) mass is 472 g/mol. The predicted octanol–water partition coefficient (Wildman–Crippen LogP) is 5.38. The SMILES string of the molecule is O=C(c1ccc(COc2ccc(F)cc2)cc1)N1CCN(Cc2cccc(C(F)(F)F)c2)CC1. The zero-order valence-electron chi connectivity index (χ0n) is 18.4. The largest absolute Gasteiger partial charge is 0.489 e. The summed E-state index contributed by atoms with van der Waals surface area (Å²) >= 11 is 0. The van der Waals surface area contributed by atoms with Gasteiger partial charge in [-0.3, -0.25) is 9.69 Å². The number of halogens is 4. The highest BCUT2D eigenvalue weighted by Gasteiger charge is 2.30. The Morgan fingerprint density at radius 2 is 1.53 bits per heavy atom. The Morgan fingerprint density at radius 3 is 2.18 bits per heavy atom. The van der Waals surface area contributed by atoms with Gasteiger partial charge >= 0.3 is 6.18 Å². The van der Waals surface area contributed by atoms with E-state index >= 15 is 0 Å². The zero-order valence-corrected chi connectivity index (χ0v) is 18.4. The van der Waals surface area contributed by atoms with Crippen LogP contribution in [0.25, 0.3) is 0 Å². The van der Waals surface area contributed by atoms with Crippen molar-refractivity contribution in [3.8, 4) is 5.75 Å². The fourth-order valence-corrected chi connectivity index (χ4v) is 3.84. The quantitative estimate of drug-likeness (QED) is 0.452. The number of amides is 1. The van der Waals surface area contributed by atoms with Crippen molar-refractivity contribution in [3.05, 3.63) is 101 Å². The van der Waals surface area contributed by atoms with E-state index in [1.54, 1.807) is 35.2 Å². The number of nitrogens with zero attached hydrogens (tertiary/aromatic N) is 2. The molecule has 1 aliphatic rings. The van der Waals surface area contributed by atoms with Crippen molar-refractivity contribution in [2.24, 2.45) is 0 Å². The second kappa shape index (κ2) is 10.3. The molecule has 3 aromatic rings. The molecular weight excluding hydrogens is 448 g/mol. The third kappa shape index (κ3) is 6.14. The van der Waals surface area contributed by atoms with E-state index < -0.39 is 11.7 Å². The highest BCUT2D eigenvalue weighted by molar-refractivity contribution is 5.94. The zero-order chi connectivity index (χ0) is 24.1. The smallest absolute Gasteiger partial charge is 0.416 e. The van der Waals surface area contributed by atoms with E-state index in [-0.39, 0.29) is 11.7 Å². The van der Waals surface area contributed by atoms with Crippen LogP contribution in [0.3, 0.4) is 0 Å². The topological polar surface area (TPSA) is 32.8 Å². The Labute approximate surface area is 195 Å². The molecule has 0 radical (unpaired) electrons. The van der Waals surface area contributed by atoms with Crippen LogP contribution in [0.1, 0.15) is 27.0 Å². The number of ether oxygens (including phenoxy) is 1. The van der Waals surface area contributed by atoms with Gasteiger partial charge in [0.25, 0.3) is 5.91 Å². The summed E-state index contributed by atoms with van der Waals surface area (Å²) < 4.78 is 57.4. The van der Waals surface area contributed by atoms with Crippen molar-refractivity contribution < 1.29 is 27.1 Å². The van der Waals surface area contributed by atoms with Crippen LogP contribution in [0.15, 0.2) is 72.8 Å². The molecule has 1 amide bonds. The van der Waals surface area contributed by atoms with E-state index in [0.717, 1.165) is 11.6 Å². The van der Waals surface area contributed by atoms with Gasteiger partial charge in [0.05, 0.1) is 5.56 Å². The number of piperazine rings is 1. The van der Waals surface area contributed by atoms with Gasteiger partial charge in [-0.25, -0.2) is 4.39 Å². The lowest BCUT2D eigenvalue weighted by Gasteiger charge is -2.35. The van der Waals surface area contributed by atoms with E-state index in [1.807, 2.05) is 12.1 Å². The first-order valence-electron chi connectivity index (χ1n) is 10.9. The number of carbonyl (C=O) groups excluding carboxylic acids is 1. The molecule has 1 saturated heterocycles. The Balaban J connectivity index is 1.27. The number of hydrogen-bond acceptors (Lipinski definition) is 3. The van der Waals surface area contributed by atoms with Gasteiger partial charge in [-0.05, 0) is 53.6 Å². The van der Waals surface area contributed by atoms with Gasteiger partial charge in [0.1, 0.15) is 18.2 Å². The first-order valence-corrected chi connectivity index (χ1v) is 10.9. The molecule has 0 bridgehead atoms. The molecule has 3 aromatic carbocycles. The molecule has 0 N–H and O–H groups in total. The van der Waals surface area contributed by atoms with Crippen molar-refractivity contribution in [1.29, 1.82) is 0 Å². The summed E-state index contributed by atoms with van der Waals surface area (Å²) in [5.74, 6) is 0.154. The Hall–Kier alpha value is -3.39. The second-order valence-corrected chi connectivity index (χ2v) is 8.21. The van der Waals surface area contributed by atoms with E-state index in [4.69, 9.17) is 4.74 Å². The molecule has 4 nitrogen and oxygen atoms in total. The van der Waals surface area contributed by atoms with Crippen LogP contribution in [-0.4, -0.2) is 41.9 Å². The first-order chi connectivity index (χ1) is 16.3. The molecule has 1 fully saturated rings. The van der Waals surface area contributed by atoms with Crippen LogP contribution >= 0.6 is 0 Å². The minimum absolute atomic E-state index is 0.0790. The van der Waals surface area contributed by atoms with Crippen LogP contribution in [-0.2, 0) is 19.3 Å². The Morgan fingerprint density at radius 1 is 0.853 bits per heavy atom. The first kappa shape index (κ1) is 23.8. The van der Waals surface area contributed by atoms with E-state index in [9.17, 15) is 22.4 Å². The molecule has 1 aliphatic heterocycles. The third-order valence-electron chi connectivity index (χ3n) is 5.74. The van der Waals surface area contributed by atoms with Crippen molar-refractivity contribution in [2.45, 2.75) is 19.3 Å². The van der Waals surface area contributed by atoms with Gasteiger partial charge in [-0.15, -0.1) is 0 Å². The molecule has 4 rings (SSSR count).